The van der Waals surface area contributed by atoms with Crippen LogP contribution in [0.5, 0.6) is 0 Å². The third-order valence-corrected chi connectivity index (χ3v) is 3.40. The first-order valence-electron chi connectivity index (χ1n) is 6.78. The van der Waals surface area contributed by atoms with Crippen molar-refractivity contribution in [2.75, 3.05) is 0 Å². The summed E-state index contributed by atoms with van der Waals surface area (Å²) in [7, 11) is 0. The number of para-hydroxylation sites is 1. The van der Waals surface area contributed by atoms with E-state index in [1.807, 2.05) is 30.5 Å². The van der Waals surface area contributed by atoms with Gasteiger partial charge in [-0.25, -0.2) is 4.39 Å². The van der Waals surface area contributed by atoms with Gasteiger partial charge in [-0.1, -0.05) is 30.3 Å². The lowest BCUT2D eigenvalue weighted by Crippen LogP contribution is -2.24. The van der Waals surface area contributed by atoms with E-state index in [2.05, 4.69) is 10.3 Å². The average molecular weight is 282 g/mol. The topological polar surface area (TPSA) is 44.9 Å². The smallest absolute Gasteiger partial charge is 0.224 e. The fourth-order valence-electron chi connectivity index (χ4n) is 2.36. The Kier molecular flexibility index (Phi) is 3.69. The number of carbonyl (C=O) groups is 1. The lowest BCUT2D eigenvalue weighted by atomic mass is 10.1. The number of nitrogens with one attached hydrogen (secondary N) is 2. The maximum absolute atomic E-state index is 13.1. The highest BCUT2D eigenvalue weighted by molar-refractivity contribution is 5.88. The number of halogens is 1. The molecule has 2 N–H and O–H groups in total. The average Bonchev–Trinajstić information content (AvgIpc) is 2.89. The predicted octanol–water partition coefficient (Wildman–Crippen LogP) is 3.17. The molecule has 0 aliphatic heterocycles. The van der Waals surface area contributed by atoms with Crippen LogP contribution in [0.2, 0.25) is 0 Å². The summed E-state index contributed by atoms with van der Waals surface area (Å²) in [5.41, 5.74) is 2.73. The number of aromatic nitrogens is 1. The van der Waals surface area contributed by atoms with Gasteiger partial charge in [0.2, 0.25) is 5.91 Å². The molecule has 21 heavy (non-hydrogen) atoms. The molecule has 2 aromatic carbocycles. The van der Waals surface area contributed by atoms with Gasteiger partial charge in [-0.15, -0.1) is 0 Å². The Labute approximate surface area is 121 Å². The van der Waals surface area contributed by atoms with Crippen LogP contribution in [0.25, 0.3) is 10.9 Å². The first kappa shape index (κ1) is 13.4. The van der Waals surface area contributed by atoms with Crippen LogP contribution in [0.15, 0.2) is 54.7 Å². The highest BCUT2D eigenvalue weighted by atomic mass is 19.1. The summed E-state index contributed by atoms with van der Waals surface area (Å²) in [4.78, 5) is 15.1. The predicted molar refractivity (Wildman–Crippen MR) is 80.2 cm³/mol. The zero-order valence-corrected chi connectivity index (χ0v) is 11.4. The molecule has 3 rings (SSSR count). The zero-order valence-electron chi connectivity index (χ0n) is 11.4. The van der Waals surface area contributed by atoms with Gasteiger partial charge < -0.3 is 10.3 Å². The standard InChI is InChI=1S/C17H15FN2O/c18-14-5-3-4-12(8-14)10-20-17(21)9-13-11-19-16-7-2-1-6-15(13)16/h1-8,11,19H,9-10H2,(H,20,21). The summed E-state index contributed by atoms with van der Waals surface area (Å²) in [6.07, 6.45) is 2.16. The van der Waals surface area contributed by atoms with E-state index in [-0.39, 0.29) is 11.7 Å². The van der Waals surface area contributed by atoms with Crippen molar-refractivity contribution in [2.24, 2.45) is 0 Å². The Morgan fingerprint density at radius 3 is 2.86 bits per heavy atom. The van der Waals surface area contributed by atoms with Crippen LogP contribution in [0.3, 0.4) is 0 Å². The number of H-pyrrole nitrogens is 1. The van der Waals surface area contributed by atoms with Crippen molar-refractivity contribution in [3.05, 3.63) is 71.7 Å². The molecule has 106 valence electrons. The number of hydrogen-bond donors (Lipinski definition) is 2. The van der Waals surface area contributed by atoms with E-state index in [4.69, 9.17) is 0 Å². The molecule has 0 unspecified atom stereocenters. The fourth-order valence-corrected chi connectivity index (χ4v) is 2.36. The number of rotatable bonds is 4. The Bertz CT molecular complexity index is 779. The minimum atomic E-state index is -0.293. The van der Waals surface area contributed by atoms with Gasteiger partial charge in [0.1, 0.15) is 5.82 Å². The maximum atomic E-state index is 13.1. The summed E-state index contributed by atoms with van der Waals surface area (Å²) < 4.78 is 13.1. The minimum absolute atomic E-state index is 0.0796. The molecule has 0 aliphatic rings. The lowest BCUT2D eigenvalue weighted by molar-refractivity contribution is -0.120. The lowest BCUT2D eigenvalue weighted by Gasteiger charge is -2.05. The molecule has 1 amide bonds. The van der Waals surface area contributed by atoms with E-state index in [1.54, 1.807) is 12.1 Å². The zero-order chi connectivity index (χ0) is 14.7. The van der Waals surface area contributed by atoms with E-state index in [0.29, 0.717) is 13.0 Å². The molecule has 1 aromatic heterocycles. The summed E-state index contributed by atoms with van der Waals surface area (Å²) in [5, 5.41) is 3.86. The summed E-state index contributed by atoms with van der Waals surface area (Å²) in [5.74, 6) is -0.373. The summed E-state index contributed by atoms with van der Waals surface area (Å²) >= 11 is 0. The molecule has 0 saturated carbocycles. The van der Waals surface area contributed by atoms with Gasteiger partial charge in [-0.2, -0.15) is 0 Å². The third kappa shape index (κ3) is 3.11. The van der Waals surface area contributed by atoms with Crippen LogP contribution in [-0.4, -0.2) is 10.9 Å². The van der Waals surface area contributed by atoms with Crippen molar-refractivity contribution in [3.8, 4) is 0 Å². The highest BCUT2D eigenvalue weighted by Crippen LogP contribution is 2.18. The molecule has 0 bridgehead atoms. The second kappa shape index (κ2) is 5.79. The highest BCUT2D eigenvalue weighted by Gasteiger charge is 2.08. The van der Waals surface area contributed by atoms with Crippen LogP contribution in [0.4, 0.5) is 4.39 Å². The Hall–Kier alpha value is -2.62. The van der Waals surface area contributed by atoms with Gasteiger partial charge >= 0.3 is 0 Å². The Morgan fingerprint density at radius 2 is 2.00 bits per heavy atom. The van der Waals surface area contributed by atoms with Gasteiger partial charge in [-0.05, 0) is 29.3 Å². The van der Waals surface area contributed by atoms with Crippen molar-refractivity contribution in [3.63, 3.8) is 0 Å². The van der Waals surface area contributed by atoms with Gasteiger partial charge in [0.05, 0.1) is 6.42 Å². The van der Waals surface area contributed by atoms with Crippen molar-refractivity contribution in [2.45, 2.75) is 13.0 Å². The number of aromatic amines is 1. The molecule has 0 aliphatic carbocycles. The second-order valence-corrected chi connectivity index (χ2v) is 4.94. The van der Waals surface area contributed by atoms with Crippen LogP contribution >= 0.6 is 0 Å². The minimum Gasteiger partial charge on any atom is -0.361 e. The van der Waals surface area contributed by atoms with Crippen LogP contribution in [-0.2, 0) is 17.8 Å². The molecule has 0 saturated heterocycles. The van der Waals surface area contributed by atoms with Crippen LogP contribution < -0.4 is 5.32 Å². The van der Waals surface area contributed by atoms with Crippen molar-refractivity contribution in [1.29, 1.82) is 0 Å². The molecule has 0 radical (unpaired) electrons. The van der Waals surface area contributed by atoms with Crippen molar-refractivity contribution in [1.82, 2.24) is 10.3 Å². The molecule has 0 fully saturated rings. The second-order valence-electron chi connectivity index (χ2n) is 4.94. The molecule has 4 heteroatoms. The van der Waals surface area contributed by atoms with Gasteiger partial charge in [0.15, 0.2) is 0 Å². The summed E-state index contributed by atoms with van der Waals surface area (Å²) in [6, 6.07) is 14.1. The quantitative estimate of drug-likeness (QED) is 0.758. The third-order valence-electron chi connectivity index (χ3n) is 3.40. The van der Waals surface area contributed by atoms with Crippen LogP contribution in [0, 0.1) is 5.82 Å². The Balaban J connectivity index is 1.64. The largest absolute Gasteiger partial charge is 0.361 e. The van der Waals surface area contributed by atoms with E-state index in [1.165, 1.54) is 12.1 Å². The first-order valence-corrected chi connectivity index (χ1v) is 6.78. The van der Waals surface area contributed by atoms with Crippen molar-refractivity contribution >= 4 is 16.8 Å². The molecule has 0 atom stereocenters. The van der Waals surface area contributed by atoms with E-state index in [9.17, 15) is 9.18 Å². The normalized spacial score (nSPS) is 10.7. The first-order chi connectivity index (χ1) is 10.2. The number of hydrogen-bond acceptors (Lipinski definition) is 1. The van der Waals surface area contributed by atoms with E-state index in [0.717, 1.165) is 22.0 Å². The molecule has 0 spiro atoms. The summed E-state index contributed by atoms with van der Waals surface area (Å²) in [6.45, 7) is 0.332. The fraction of sp³-hybridized carbons (Fsp3) is 0.118. The van der Waals surface area contributed by atoms with Crippen LogP contribution in [0.1, 0.15) is 11.1 Å². The van der Waals surface area contributed by atoms with Gasteiger partial charge in [0, 0.05) is 23.6 Å². The van der Waals surface area contributed by atoms with Crippen molar-refractivity contribution < 1.29 is 9.18 Å². The van der Waals surface area contributed by atoms with Gasteiger partial charge in [0.25, 0.3) is 0 Å². The molecule has 1 heterocycles. The number of fused-ring (bicyclic) bond motifs is 1. The maximum Gasteiger partial charge on any atom is 0.224 e. The number of benzene rings is 2. The van der Waals surface area contributed by atoms with E-state index < -0.39 is 0 Å². The molecule has 3 aromatic rings. The SMILES string of the molecule is O=C(Cc1c[nH]c2ccccc12)NCc1cccc(F)c1. The number of carbonyl (C=O) groups excluding carboxylic acids is 1. The van der Waals surface area contributed by atoms with Gasteiger partial charge in [-0.3, -0.25) is 4.79 Å². The Morgan fingerprint density at radius 1 is 1.14 bits per heavy atom. The molecular formula is C17H15FN2O. The number of amides is 1. The molecule has 3 nitrogen and oxygen atoms in total. The van der Waals surface area contributed by atoms with E-state index >= 15 is 0 Å². The molecular weight excluding hydrogens is 267 g/mol. The monoisotopic (exact) mass is 282 g/mol.